The fourth-order valence-electron chi connectivity index (χ4n) is 1.82. The van der Waals surface area contributed by atoms with Gasteiger partial charge in [0.1, 0.15) is 0 Å². The standard InChI is InChI=1S/C16H26N2O/c1-5-6-13-7-9-14(10-8-13)18-15(19)11-12-17-16(2,3)4/h7-10,17H,5-6,11-12H2,1-4H3,(H,18,19). The quantitative estimate of drug-likeness (QED) is 0.825. The maximum absolute atomic E-state index is 11.8. The molecule has 0 unspecified atom stereocenters. The summed E-state index contributed by atoms with van der Waals surface area (Å²) in [5, 5.41) is 6.22. The van der Waals surface area contributed by atoms with E-state index in [0.717, 1.165) is 18.5 Å². The van der Waals surface area contributed by atoms with E-state index in [4.69, 9.17) is 0 Å². The lowest BCUT2D eigenvalue weighted by molar-refractivity contribution is -0.116. The van der Waals surface area contributed by atoms with Crippen molar-refractivity contribution in [2.75, 3.05) is 11.9 Å². The van der Waals surface area contributed by atoms with Crippen LogP contribution in [0.25, 0.3) is 0 Å². The number of aryl methyl sites for hydroxylation is 1. The predicted octanol–water partition coefficient (Wildman–Crippen LogP) is 3.36. The fraction of sp³-hybridized carbons (Fsp3) is 0.562. The summed E-state index contributed by atoms with van der Waals surface area (Å²) in [6.07, 6.45) is 2.72. The number of carbonyl (C=O) groups excluding carboxylic acids is 1. The van der Waals surface area contributed by atoms with Crippen LogP contribution in [0.5, 0.6) is 0 Å². The highest BCUT2D eigenvalue weighted by Gasteiger charge is 2.09. The number of benzene rings is 1. The molecule has 19 heavy (non-hydrogen) atoms. The third kappa shape index (κ3) is 6.97. The van der Waals surface area contributed by atoms with Crippen LogP contribution in [-0.2, 0) is 11.2 Å². The zero-order valence-corrected chi connectivity index (χ0v) is 12.5. The highest BCUT2D eigenvalue weighted by molar-refractivity contribution is 5.90. The van der Waals surface area contributed by atoms with Crippen LogP contribution in [0.2, 0.25) is 0 Å². The second-order valence-electron chi connectivity index (χ2n) is 5.92. The summed E-state index contributed by atoms with van der Waals surface area (Å²) in [6.45, 7) is 9.15. The van der Waals surface area contributed by atoms with Gasteiger partial charge in [-0.05, 0) is 44.9 Å². The van der Waals surface area contributed by atoms with E-state index in [1.54, 1.807) is 0 Å². The number of amides is 1. The highest BCUT2D eigenvalue weighted by Crippen LogP contribution is 2.11. The molecule has 0 aliphatic heterocycles. The molecule has 3 heteroatoms. The lowest BCUT2D eigenvalue weighted by Gasteiger charge is -2.20. The molecule has 1 rings (SSSR count). The van der Waals surface area contributed by atoms with E-state index in [2.05, 4.69) is 50.5 Å². The Labute approximate surface area is 116 Å². The van der Waals surface area contributed by atoms with Crippen LogP contribution >= 0.6 is 0 Å². The summed E-state index contributed by atoms with van der Waals surface area (Å²) in [4.78, 5) is 11.8. The molecule has 0 aliphatic rings. The predicted molar refractivity (Wildman–Crippen MR) is 81.4 cm³/mol. The molecule has 1 aromatic carbocycles. The fourth-order valence-corrected chi connectivity index (χ4v) is 1.82. The molecule has 0 saturated carbocycles. The lowest BCUT2D eigenvalue weighted by Crippen LogP contribution is -2.37. The van der Waals surface area contributed by atoms with Gasteiger partial charge in [-0.1, -0.05) is 25.5 Å². The Balaban J connectivity index is 2.35. The molecular weight excluding hydrogens is 236 g/mol. The average molecular weight is 262 g/mol. The molecule has 0 atom stereocenters. The normalized spacial score (nSPS) is 11.4. The summed E-state index contributed by atoms with van der Waals surface area (Å²) in [5.74, 6) is 0.0555. The molecule has 0 aliphatic carbocycles. The van der Waals surface area contributed by atoms with E-state index >= 15 is 0 Å². The van der Waals surface area contributed by atoms with Gasteiger partial charge in [0, 0.05) is 24.2 Å². The first-order valence-electron chi connectivity index (χ1n) is 7.04. The number of hydrogen-bond acceptors (Lipinski definition) is 2. The molecule has 1 amide bonds. The zero-order valence-electron chi connectivity index (χ0n) is 12.5. The van der Waals surface area contributed by atoms with Crippen LogP contribution in [0.1, 0.15) is 46.1 Å². The summed E-state index contributed by atoms with van der Waals surface area (Å²) < 4.78 is 0. The largest absolute Gasteiger partial charge is 0.326 e. The topological polar surface area (TPSA) is 41.1 Å². The maximum atomic E-state index is 11.8. The Morgan fingerprint density at radius 3 is 2.32 bits per heavy atom. The van der Waals surface area contributed by atoms with Crippen molar-refractivity contribution < 1.29 is 4.79 Å². The smallest absolute Gasteiger partial charge is 0.225 e. The Hall–Kier alpha value is -1.35. The number of anilines is 1. The number of hydrogen-bond donors (Lipinski definition) is 2. The SMILES string of the molecule is CCCc1ccc(NC(=O)CCNC(C)(C)C)cc1. The van der Waals surface area contributed by atoms with Gasteiger partial charge in [0.15, 0.2) is 0 Å². The molecule has 3 nitrogen and oxygen atoms in total. The van der Waals surface area contributed by atoms with Crippen molar-refractivity contribution in [1.82, 2.24) is 5.32 Å². The number of rotatable bonds is 6. The Kier molecular flexibility index (Phi) is 6.03. The Morgan fingerprint density at radius 1 is 1.16 bits per heavy atom. The number of nitrogens with one attached hydrogen (secondary N) is 2. The van der Waals surface area contributed by atoms with Gasteiger partial charge in [-0.3, -0.25) is 4.79 Å². The first kappa shape index (κ1) is 15.7. The Bertz CT molecular complexity index is 390. The third-order valence-electron chi connectivity index (χ3n) is 2.78. The Morgan fingerprint density at radius 2 is 1.79 bits per heavy atom. The molecule has 1 aromatic rings. The van der Waals surface area contributed by atoms with E-state index in [9.17, 15) is 4.79 Å². The highest BCUT2D eigenvalue weighted by atomic mass is 16.1. The average Bonchev–Trinajstić information content (AvgIpc) is 2.30. The van der Waals surface area contributed by atoms with Gasteiger partial charge in [0.25, 0.3) is 0 Å². The van der Waals surface area contributed by atoms with Gasteiger partial charge >= 0.3 is 0 Å². The van der Waals surface area contributed by atoms with Crippen LogP contribution in [0.3, 0.4) is 0 Å². The van der Waals surface area contributed by atoms with E-state index in [1.807, 2.05) is 12.1 Å². The molecule has 2 N–H and O–H groups in total. The second-order valence-corrected chi connectivity index (χ2v) is 5.92. The van der Waals surface area contributed by atoms with Crippen molar-refractivity contribution in [3.63, 3.8) is 0 Å². The summed E-state index contributed by atoms with van der Waals surface area (Å²) >= 11 is 0. The molecule has 0 radical (unpaired) electrons. The van der Waals surface area contributed by atoms with Crippen molar-refractivity contribution in [3.05, 3.63) is 29.8 Å². The van der Waals surface area contributed by atoms with Gasteiger partial charge in [-0.2, -0.15) is 0 Å². The van der Waals surface area contributed by atoms with Gasteiger partial charge in [0.05, 0.1) is 0 Å². The molecule has 0 bridgehead atoms. The first-order valence-corrected chi connectivity index (χ1v) is 7.04. The van der Waals surface area contributed by atoms with Crippen LogP contribution in [0.15, 0.2) is 24.3 Å². The molecule has 0 heterocycles. The van der Waals surface area contributed by atoms with E-state index in [1.165, 1.54) is 5.56 Å². The lowest BCUT2D eigenvalue weighted by atomic mass is 10.1. The summed E-state index contributed by atoms with van der Waals surface area (Å²) in [5.41, 5.74) is 2.25. The summed E-state index contributed by atoms with van der Waals surface area (Å²) in [7, 11) is 0. The minimum Gasteiger partial charge on any atom is -0.326 e. The van der Waals surface area contributed by atoms with Gasteiger partial charge in [-0.25, -0.2) is 0 Å². The van der Waals surface area contributed by atoms with Gasteiger partial charge in [-0.15, -0.1) is 0 Å². The van der Waals surface area contributed by atoms with Crippen molar-refractivity contribution in [3.8, 4) is 0 Å². The molecule has 106 valence electrons. The van der Waals surface area contributed by atoms with Crippen molar-refractivity contribution in [1.29, 1.82) is 0 Å². The van der Waals surface area contributed by atoms with Crippen LogP contribution in [0.4, 0.5) is 5.69 Å². The van der Waals surface area contributed by atoms with Crippen molar-refractivity contribution in [2.45, 2.75) is 52.5 Å². The van der Waals surface area contributed by atoms with Crippen molar-refractivity contribution in [2.24, 2.45) is 0 Å². The minimum atomic E-state index is 0.0555. The maximum Gasteiger partial charge on any atom is 0.225 e. The monoisotopic (exact) mass is 262 g/mol. The zero-order chi connectivity index (χ0) is 14.3. The number of carbonyl (C=O) groups is 1. The molecular formula is C16H26N2O. The van der Waals surface area contributed by atoms with E-state index < -0.39 is 0 Å². The van der Waals surface area contributed by atoms with E-state index in [0.29, 0.717) is 13.0 Å². The van der Waals surface area contributed by atoms with Crippen LogP contribution < -0.4 is 10.6 Å². The van der Waals surface area contributed by atoms with Crippen molar-refractivity contribution >= 4 is 11.6 Å². The van der Waals surface area contributed by atoms with Crippen LogP contribution in [-0.4, -0.2) is 18.0 Å². The second kappa shape index (κ2) is 7.29. The van der Waals surface area contributed by atoms with Gasteiger partial charge < -0.3 is 10.6 Å². The van der Waals surface area contributed by atoms with Gasteiger partial charge in [0.2, 0.25) is 5.91 Å². The minimum absolute atomic E-state index is 0.0555. The summed E-state index contributed by atoms with van der Waals surface area (Å²) in [6, 6.07) is 8.10. The molecule has 0 saturated heterocycles. The van der Waals surface area contributed by atoms with Crippen LogP contribution in [0, 0.1) is 0 Å². The molecule has 0 spiro atoms. The first-order chi connectivity index (χ1) is 8.90. The third-order valence-corrected chi connectivity index (χ3v) is 2.78. The van der Waals surface area contributed by atoms with E-state index in [-0.39, 0.29) is 11.4 Å². The molecule has 0 aromatic heterocycles. The molecule has 0 fully saturated rings.